The third-order valence-corrected chi connectivity index (χ3v) is 7.37. The molecular weight excluding hydrogens is 418 g/mol. The highest BCUT2D eigenvalue weighted by Gasteiger charge is 2.34. The Morgan fingerprint density at radius 1 is 1.30 bits per heavy atom. The molecule has 0 aromatic carbocycles. The van der Waals surface area contributed by atoms with Gasteiger partial charge in [-0.25, -0.2) is 14.8 Å². The Morgan fingerprint density at radius 3 is 2.70 bits per heavy atom. The van der Waals surface area contributed by atoms with Crippen molar-refractivity contribution in [2.75, 3.05) is 17.7 Å². The molecule has 1 N–H and O–H groups in total. The van der Waals surface area contributed by atoms with Crippen molar-refractivity contribution in [1.82, 2.24) is 9.97 Å². The third kappa shape index (κ3) is 5.60. The van der Waals surface area contributed by atoms with Crippen molar-refractivity contribution in [1.29, 1.82) is 0 Å². The van der Waals surface area contributed by atoms with Gasteiger partial charge in [0.05, 0.1) is 12.2 Å². The molecule has 2 aromatic rings. The lowest BCUT2D eigenvalue weighted by Gasteiger charge is -2.33. The number of thiophene rings is 1. The summed E-state index contributed by atoms with van der Waals surface area (Å²) in [4.78, 5) is 34.7. The van der Waals surface area contributed by atoms with Gasteiger partial charge in [0.1, 0.15) is 5.00 Å². The Labute approximate surface area is 186 Å². The number of anilines is 1. The van der Waals surface area contributed by atoms with Crippen LogP contribution in [0.1, 0.15) is 61.3 Å². The zero-order valence-electron chi connectivity index (χ0n) is 18.0. The fraction of sp³-hybridized carbons (Fsp3) is 0.545. The molecule has 1 atom stereocenters. The number of ether oxygens (including phenoxy) is 1. The van der Waals surface area contributed by atoms with E-state index in [2.05, 4.69) is 36.1 Å². The first-order valence-electron chi connectivity index (χ1n) is 10.3. The largest absolute Gasteiger partial charge is 0.462 e. The molecule has 8 heteroatoms. The number of carbonyl (C=O) groups is 2. The molecule has 6 nitrogen and oxygen atoms in total. The highest BCUT2D eigenvalue weighted by Crippen LogP contribution is 2.44. The minimum atomic E-state index is -0.341. The normalized spacial score (nSPS) is 16.1. The van der Waals surface area contributed by atoms with Gasteiger partial charge in [-0.3, -0.25) is 4.79 Å². The quantitative estimate of drug-likeness (QED) is 0.366. The summed E-state index contributed by atoms with van der Waals surface area (Å²) in [7, 11) is 0. The number of amides is 1. The molecule has 0 bridgehead atoms. The van der Waals surface area contributed by atoms with E-state index < -0.39 is 0 Å². The molecule has 0 aliphatic heterocycles. The second kappa shape index (κ2) is 9.92. The molecule has 0 fully saturated rings. The predicted molar refractivity (Wildman–Crippen MR) is 121 cm³/mol. The van der Waals surface area contributed by atoms with Crippen molar-refractivity contribution in [2.45, 2.75) is 58.5 Å². The van der Waals surface area contributed by atoms with Crippen LogP contribution in [0.25, 0.3) is 0 Å². The molecule has 0 radical (unpaired) electrons. The average molecular weight is 448 g/mol. The monoisotopic (exact) mass is 447 g/mol. The second-order valence-corrected chi connectivity index (χ2v) is 10.6. The molecule has 1 aliphatic rings. The number of nitrogens with zero attached hydrogens (tertiary/aromatic N) is 2. The molecule has 162 valence electrons. The van der Waals surface area contributed by atoms with Gasteiger partial charge in [-0.15, -0.1) is 11.3 Å². The summed E-state index contributed by atoms with van der Waals surface area (Å²) in [5, 5.41) is 4.25. The summed E-state index contributed by atoms with van der Waals surface area (Å²) in [6.45, 7) is 8.90. The summed E-state index contributed by atoms with van der Waals surface area (Å²) in [6.07, 6.45) is 6.51. The lowest BCUT2D eigenvalue weighted by molar-refractivity contribution is -0.115. The van der Waals surface area contributed by atoms with Crippen LogP contribution >= 0.6 is 23.1 Å². The van der Waals surface area contributed by atoms with Crippen molar-refractivity contribution < 1.29 is 14.3 Å². The minimum Gasteiger partial charge on any atom is -0.462 e. The maximum atomic E-state index is 12.7. The highest BCUT2D eigenvalue weighted by molar-refractivity contribution is 7.99. The van der Waals surface area contributed by atoms with E-state index >= 15 is 0 Å². The number of hydrogen-bond donors (Lipinski definition) is 1. The van der Waals surface area contributed by atoms with E-state index in [1.54, 1.807) is 25.4 Å². The standard InChI is InChI=1S/C22H29N3O3S2/c1-5-28-20(27)18-15-8-7-14(22(2,3)4)13-16(15)30-19(18)25-17(26)9-12-29-21-23-10-6-11-24-21/h6,10-11,14H,5,7-9,12-13H2,1-4H3,(H,25,26). The smallest absolute Gasteiger partial charge is 0.341 e. The second-order valence-electron chi connectivity index (χ2n) is 8.41. The topological polar surface area (TPSA) is 81.2 Å². The van der Waals surface area contributed by atoms with Crippen LogP contribution in [0.5, 0.6) is 0 Å². The molecule has 30 heavy (non-hydrogen) atoms. The van der Waals surface area contributed by atoms with E-state index in [1.165, 1.54) is 28.0 Å². The van der Waals surface area contributed by atoms with Crippen LogP contribution < -0.4 is 5.32 Å². The molecule has 1 unspecified atom stereocenters. The van der Waals surface area contributed by atoms with Crippen LogP contribution in [0.3, 0.4) is 0 Å². The van der Waals surface area contributed by atoms with E-state index in [9.17, 15) is 9.59 Å². The first-order chi connectivity index (χ1) is 14.3. The van der Waals surface area contributed by atoms with Crippen LogP contribution in [0.15, 0.2) is 23.6 Å². The lowest BCUT2D eigenvalue weighted by Crippen LogP contribution is -2.26. The molecule has 1 aliphatic carbocycles. The molecule has 2 heterocycles. The Balaban J connectivity index is 1.72. The van der Waals surface area contributed by atoms with Gasteiger partial charge in [-0.2, -0.15) is 0 Å². The fourth-order valence-corrected chi connectivity index (χ4v) is 5.69. The summed E-state index contributed by atoms with van der Waals surface area (Å²) in [5.74, 6) is 0.674. The zero-order valence-corrected chi connectivity index (χ0v) is 19.6. The van der Waals surface area contributed by atoms with Crippen LogP contribution in [0, 0.1) is 11.3 Å². The Kier molecular flexibility index (Phi) is 7.52. The van der Waals surface area contributed by atoms with Crippen LogP contribution in [0.2, 0.25) is 0 Å². The lowest BCUT2D eigenvalue weighted by atomic mass is 9.72. The fourth-order valence-electron chi connectivity index (χ4n) is 3.62. The number of nitrogens with one attached hydrogen (secondary N) is 1. The van der Waals surface area contributed by atoms with Crippen molar-refractivity contribution in [2.24, 2.45) is 11.3 Å². The number of esters is 1. The zero-order chi connectivity index (χ0) is 21.7. The number of thioether (sulfide) groups is 1. The molecule has 1 amide bonds. The SMILES string of the molecule is CCOC(=O)c1c(NC(=O)CCSc2ncccn2)sc2c1CCC(C(C)(C)C)C2. The molecule has 2 aromatic heterocycles. The van der Waals surface area contributed by atoms with E-state index in [0.717, 1.165) is 24.8 Å². The molecule has 0 saturated heterocycles. The molecule has 0 spiro atoms. The summed E-state index contributed by atoms with van der Waals surface area (Å²) in [5.41, 5.74) is 1.82. The number of fused-ring (bicyclic) bond motifs is 1. The molecule has 3 rings (SSSR count). The van der Waals surface area contributed by atoms with E-state index in [1.807, 2.05) is 0 Å². The van der Waals surface area contributed by atoms with Gasteiger partial charge in [-0.1, -0.05) is 32.5 Å². The summed E-state index contributed by atoms with van der Waals surface area (Å²) in [6, 6.07) is 1.76. The average Bonchev–Trinajstić information content (AvgIpc) is 3.05. The summed E-state index contributed by atoms with van der Waals surface area (Å²) < 4.78 is 5.30. The number of carbonyl (C=O) groups excluding carboxylic acids is 2. The van der Waals surface area contributed by atoms with E-state index in [0.29, 0.717) is 40.4 Å². The maximum absolute atomic E-state index is 12.7. The van der Waals surface area contributed by atoms with Gasteiger partial charge in [-0.05, 0) is 49.1 Å². The van der Waals surface area contributed by atoms with Gasteiger partial charge < -0.3 is 10.1 Å². The Hall–Kier alpha value is -1.93. The minimum absolute atomic E-state index is 0.116. The third-order valence-electron chi connectivity index (χ3n) is 5.32. The predicted octanol–water partition coefficient (Wildman–Crippen LogP) is 4.99. The van der Waals surface area contributed by atoms with E-state index in [4.69, 9.17) is 4.74 Å². The first kappa shape index (κ1) is 22.7. The van der Waals surface area contributed by atoms with Gasteiger partial charge in [0.2, 0.25) is 5.91 Å². The van der Waals surface area contributed by atoms with Crippen molar-refractivity contribution in [3.05, 3.63) is 34.5 Å². The van der Waals surface area contributed by atoms with Crippen molar-refractivity contribution in [3.63, 3.8) is 0 Å². The number of rotatable bonds is 7. The maximum Gasteiger partial charge on any atom is 0.341 e. The van der Waals surface area contributed by atoms with Gasteiger partial charge in [0, 0.05) is 29.4 Å². The van der Waals surface area contributed by atoms with E-state index in [-0.39, 0.29) is 17.3 Å². The van der Waals surface area contributed by atoms with Crippen molar-refractivity contribution in [3.8, 4) is 0 Å². The number of aromatic nitrogens is 2. The van der Waals surface area contributed by atoms with Crippen LogP contribution in [-0.4, -0.2) is 34.2 Å². The molecular formula is C22H29N3O3S2. The highest BCUT2D eigenvalue weighted by atomic mass is 32.2. The van der Waals surface area contributed by atoms with Crippen molar-refractivity contribution >= 4 is 40.0 Å². The Morgan fingerprint density at radius 2 is 2.03 bits per heavy atom. The van der Waals surface area contributed by atoms with Crippen LogP contribution in [-0.2, 0) is 22.4 Å². The molecule has 0 saturated carbocycles. The van der Waals surface area contributed by atoms with Gasteiger partial charge in [0.15, 0.2) is 5.16 Å². The first-order valence-corrected chi connectivity index (χ1v) is 12.1. The Bertz CT molecular complexity index is 891. The summed E-state index contributed by atoms with van der Waals surface area (Å²) >= 11 is 2.97. The number of hydrogen-bond acceptors (Lipinski definition) is 7. The van der Waals surface area contributed by atoms with Gasteiger partial charge in [0.25, 0.3) is 0 Å². The van der Waals surface area contributed by atoms with Crippen LogP contribution in [0.4, 0.5) is 5.00 Å². The van der Waals surface area contributed by atoms with Gasteiger partial charge >= 0.3 is 5.97 Å².